The van der Waals surface area contributed by atoms with E-state index in [0.717, 1.165) is 42.1 Å². The number of ether oxygens (including phenoxy) is 1. The van der Waals surface area contributed by atoms with Crippen LogP contribution in [0.3, 0.4) is 0 Å². The maximum Gasteiger partial charge on any atom is 0.434 e. The number of hydrogen-bond donors (Lipinski definition) is 1. The first-order valence-corrected chi connectivity index (χ1v) is 11.7. The van der Waals surface area contributed by atoms with Crippen molar-refractivity contribution in [2.24, 2.45) is 0 Å². The van der Waals surface area contributed by atoms with Crippen LogP contribution in [0.25, 0.3) is 21.7 Å². The standard InChI is InChI=1S/C20H24F3N9OS/c1-30-2-4-31(5-3-30)11-13-26-17-14(34-13)18(32-6-8-33-9-7-32)29-16(28-17)12-10-25-19(24)27-15(12)20(21,22)23/h10H,2-9,11H2,1H3,(H2,24,25,27). The molecule has 2 aliphatic rings. The molecule has 0 spiro atoms. The van der Waals surface area contributed by atoms with E-state index in [1.165, 1.54) is 11.3 Å². The molecule has 34 heavy (non-hydrogen) atoms. The Labute approximate surface area is 197 Å². The Kier molecular flexibility index (Phi) is 6.22. The Morgan fingerprint density at radius 1 is 1.03 bits per heavy atom. The van der Waals surface area contributed by atoms with Gasteiger partial charge in [-0.05, 0) is 7.05 Å². The van der Waals surface area contributed by atoms with Crippen molar-refractivity contribution in [1.82, 2.24) is 34.7 Å². The Morgan fingerprint density at radius 3 is 2.47 bits per heavy atom. The first-order chi connectivity index (χ1) is 16.3. The summed E-state index contributed by atoms with van der Waals surface area (Å²) in [6, 6.07) is 0. The second kappa shape index (κ2) is 9.17. The van der Waals surface area contributed by atoms with E-state index >= 15 is 0 Å². The Hall–Kier alpha value is -2.68. The smallest absolute Gasteiger partial charge is 0.378 e. The number of aromatic nitrogens is 5. The molecule has 0 atom stereocenters. The van der Waals surface area contributed by atoms with Crippen LogP contribution >= 0.6 is 11.3 Å². The molecule has 0 radical (unpaired) electrons. The number of piperazine rings is 1. The summed E-state index contributed by atoms with van der Waals surface area (Å²) in [5, 5.41) is 0.852. The van der Waals surface area contributed by atoms with E-state index in [2.05, 4.69) is 41.8 Å². The van der Waals surface area contributed by atoms with Crippen molar-refractivity contribution in [1.29, 1.82) is 0 Å². The van der Waals surface area contributed by atoms with Crippen LogP contribution in [-0.2, 0) is 17.5 Å². The quantitative estimate of drug-likeness (QED) is 0.575. The van der Waals surface area contributed by atoms with Crippen molar-refractivity contribution in [2.45, 2.75) is 12.7 Å². The van der Waals surface area contributed by atoms with Crippen molar-refractivity contribution in [3.8, 4) is 11.4 Å². The molecule has 2 saturated heterocycles. The summed E-state index contributed by atoms with van der Waals surface area (Å²) in [4.78, 5) is 27.4. The Morgan fingerprint density at radius 2 is 1.76 bits per heavy atom. The zero-order valence-corrected chi connectivity index (χ0v) is 19.4. The summed E-state index contributed by atoms with van der Waals surface area (Å²) in [5.74, 6) is -0.0400. The average Bonchev–Trinajstić information content (AvgIpc) is 3.22. The molecule has 5 heterocycles. The highest BCUT2D eigenvalue weighted by Gasteiger charge is 2.37. The van der Waals surface area contributed by atoms with Crippen LogP contribution < -0.4 is 10.6 Å². The number of nitrogens with two attached hydrogens (primary N) is 1. The number of rotatable bonds is 4. The van der Waals surface area contributed by atoms with Gasteiger partial charge in [0.2, 0.25) is 5.95 Å². The van der Waals surface area contributed by atoms with Crippen LogP contribution in [0.15, 0.2) is 6.20 Å². The zero-order chi connectivity index (χ0) is 23.9. The molecule has 0 aliphatic carbocycles. The number of morpholine rings is 1. The number of thiazole rings is 1. The minimum atomic E-state index is -4.74. The minimum Gasteiger partial charge on any atom is -0.378 e. The number of nitrogens with zero attached hydrogens (tertiary/aromatic N) is 8. The number of anilines is 2. The Bertz CT molecular complexity index is 1170. The van der Waals surface area contributed by atoms with E-state index < -0.39 is 17.8 Å². The van der Waals surface area contributed by atoms with Gasteiger partial charge in [0.15, 0.2) is 23.0 Å². The second-order valence-electron chi connectivity index (χ2n) is 8.30. The van der Waals surface area contributed by atoms with Gasteiger partial charge in [0.25, 0.3) is 0 Å². The fraction of sp³-hybridized carbons (Fsp3) is 0.550. The van der Waals surface area contributed by atoms with E-state index in [9.17, 15) is 13.2 Å². The lowest BCUT2D eigenvalue weighted by Crippen LogP contribution is -2.43. The first kappa shape index (κ1) is 23.1. The molecule has 2 aliphatic heterocycles. The molecule has 0 amide bonds. The number of likely N-dealkylation sites (N-methyl/N-ethyl adjacent to an activating group) is 1. The van der Waals surface area contributed by atoms with Crippen molar-refractivity contribution in [3.05, 3.63) is 16.9 Å². The molecule has 3 aromatic rings. The monoisotopic (exact) mass is 495 g/mol. The third-order valence-electron chi connectivity index (χ3n) is 5.86. The van der Waals surface area contributed by atoms with E-state index in [1.807, 2.05) is 4.90 Å². The molecule has 10 nitrogen and oxygen atoms in total. The number of fused-ring (bicyclic) bond motifs is 1. The van der Waals surface area contributed by atoms with E-state index in [-0.39, 0.29) is 11.4 Å². The zero-order valence-electron chi connectivity index (χ0n) is 18.5. The van der Waals surface area contributed by atoms with Crippen molar-refractivity contribution < 1.29 is 17.9 Å². The molecule has 14 heteroatoms. The van der Waals surface area contributed by atoms with Gasteiger partial charge in [-0.3, -0.25) is 4.90 Å². The maximum absolute atomic E-state index is 13.7. The molecule has 5 rings (SSSR count). The lowest BCUT2D eigenvalue weighted by molar-refractivity contribution is -0.140. The van der Waals surface area contributed by atoms with Gasteiger partial charge in [-0.15, -0.1) is 11.3 Å². The fourth-order valence-electron chi connectivity index (χ4n) is 4.00. The van der Waals surface area contributed by atoms with Crippen LogP contribution in [0.4, 0.5) is 24.9 Å². The lowest BCUT2D eigenvalue weighted by atomic mass is 10.2. The molecule has 0 aromatic carbocycles. The van der Waals surface area contributed by atoms with Gasteiger partial charge < -0.3 is 20.3 Å². The summed E-state index contributed by atoms with van der Waals surface area (Å²) in [6.45, 7) is 6.62. The minimum absolute atomic E-state index is 0.127. The third-order valence-corrected chi connectivity index (χ3v) is 6.89. The van der Waals surface area contributed by atoms with Gasteiger partial charge in [0, 0.05) is 45.5 Å². The van der Waals surface area contributed by atoms with E-state index in [1.54, 1.807) is 0 Å². The molecule has 182 valence electrons. The predicted octanol–water partition coefficient (Wildman–Crippen LogP) is 1.73. The largest absolute Gasteiger partial charge is 0.434 e. The lowest BCUT2D eigenvalue weighted by Gasteiger charge is -2.31. The van der Waals surface area contributed by atoms with Gasteiger partial charge in [0.1, 0.15) is 9.71 Å². The molecule has 2 N–H and O–H groups in total. The SMILES string of the molecule is CN1CCN(Cc2nc3nc(-c4cnc(N)nc4C(F)(F)F)nc(N4CCOCC4)c3s2)CC1. The summed E-state index contributed by atoms with van der Waals surface area (Å²) < 4.78 is 47.4. The van der Waals surface area contributed by atoms with Crippen LogP contribution in [0.1, 0.15) is 10.7 Å². The number of halogens is 3. The normalized spacial score (nSPS) is 18.6. The summed E-state index contributed by atoms with van der Waals surface area (Å²) >= 11 is 1.48. The molecular formula is C20H24F3N9OS. The molecule has 3 aromatic heterocycles. The highest BCUT2D eigenvalue weighted by molar-refractivity contribution is 7.19. The highest BCUT2D eigenvalue weighted by atomic mass is 32.1. The summed E-state index contributed by atoms with van der Waals surface area (Å²) in [5.41, 5.74) is 4.31. The fourth-order valence-corrected chi connectivity index (χ4v) is 5.07. The van der Waals surface area contributed by atoms with Gasteiger partial charge in [-0.1, -0.05) is 0 Å². The highest BCUT2D eigenvalue weighted by Crippen LogP contribution is 2.37. The van der Waals surface area contributed by atoms with Gasteiger partial charge in [-0.25, -0.2) is 24.9 Å². The van der Waals surface area contributed by atoms with E-state index in [4.69, 9.17) is 10.5 Å². The number of hydrogen-bond acceptors (Lipinski definition) is 11. The summed E-state index contributed by atoms with van der Waals surface area (Å²) in [6.07, 6.45) is -3.72. The van der Waals surface area contributed by atoms with Crippen molar-refractivity contribution in [3.63, 3.8) is 0 Å². The topological polar surface area (TPSA) is 109 Å². The molecule has 0 unspecified atom stereocenters. The van der Waals surface area contributed by atoms with Crippen molar-refractivity contribution in [2.75, 3.05) is 70.2 Å². The van der Waals surface area contributed by atoms with Crippen LogP contribution in [0.5, 0.6) is 0 Å². The third kappa shape index (κ3) is 4.76. The number of nitrogen functional groups attached to an aromatic ring is 1. The Balaban J connectivity index is 1.58. The van der Waals surface area contributed by atoms with Crippen molar-refractivity contribution >= 4 is 33.5 Å². The van der Waals surface area contributed by atoms with Crippen LogP contribution in [0.2, 0.25) is 0 Å². The molecular weight excluding hydrogens is 471 g/mol. The van der Waals surface area contributed by atoms with Gasteiger partial charge in [-0.2, -0.15) is 13.2 Å². The van der Waals surface area contributed by atoms with E-state index in [0.29, 0.717) is 44.3 Å². The maximum atomic E-state index is 13.7. The summed E-state index contributed by atoms with van der Waals surface area (Å²) in [7, 11) is 2.09. The van der Waals surface area contributed by atoms with Gasteiger partial charge in [0.05, 0.1) is 25.3 Å². The number of alkyl halides is 3. The first-order valence-electron chi connectivity index (χ1n) is 10.9. The molecule has 0 bridgehead atoms. The van der Waals surface area contributed by atoms with Crippen LogP contribution in [-0.4, -0.2) is 94.2 Å². The predicted molar refractivity (Wildman–Crippen MR) is 121 cm³/mol. The van der Waals surface area contributed by atoms with Gasteiger partial charge >= 0.3 is 6.18 Å². The molecule has 2 fully saturated rings. The average molecular weight is 496 g/mol. The molecule has 0 saturated carbocycles. The second-order valence-corrected chi connectivity index (χ2v) is 9.38. The van der Waals surface area contributed by atoms with Crippen LogP contribution in [0, 0.1) is 0 Å².